The van der Waals surface area contributed by atoms with Crippen molar-refractivity contribution >= 4 is 28.5 Å². The summed E-state index contributed by atoms with van der Waals surface area (Å²) in [6.07, 6.45) is 1.93. The van der Waals surface area contributed by atoms with Gasteiger partial charge >= 0.3 is 0 Å². The molecule has 6 nitrogen and oxygen atoms in total. The molecule has 0 aromatic heterocycles. The van der Waals surface area contributed by atoms with Crippen molar-refractivity contribution in [1.82, 2.24) is 15.5 Å². The van der Waals surface area contributed by atoms with Crippen molar-refractivity contribution in [3.05, 3.63) is 48.0 Å². The van der Waals surface area contributed by atoms with Crippen molar-refractivity contribution in [2.24, 2.45) is 0 Å². The van der Waals surface area contributed by atoms with Crippen molar-refractivity contribution in [2.75, 3.05) is 6.54 Å². The Kier molecular flexibility index (Phi) is 4.56. The molecule has 2 aromatic carbocycles. The summed E-state index contributed by atoms with van der Waals surface area (Å²) in [7, 11) is 0. The molecule has 2 N–H and O–H groups in total. The summed E-state index contributed by atoms with van der Waals surface area (Å²) in [6, 6.07) is 12.3. The van der Waals surface area contributed by atoms with E-state index >= 15 is 0 Å². The number of piperazine rings is 1. The van der Waals surface area contributed by atoms with Crippen LogP contribution in [0.5, 0.6) is 0 Å². The van der Waals surface area contributed by atoms with Crippen molar-refractivity contribution in [3.63, 3.8) is 0 Å². The van der Waals surface area contributed by atoms with Gasteiger partial charge in [0.25, 0.3) is 5.91 Å². The molecular weight excluding hydrogens is 342 g/mol. The van der Waals surface area contributed by atoms with Gasteiger partial charge in [0.05, 0.1) is 0 Å². The van der Waals surface area contributed by atoms with Crippen LogP contribution in [-0.4, -0.2) is 47.3 Å². The lowest BCUT2D eigenvalue weighted by molar-refractivity contribution is -0.147. The predicted octanol–water partition coefficient (Wildman–Crippen LogP) is 1.84. The average Bonchev–Trinajstić information content (AvgIpc) is 3.10. The SMILES string of the molecule is CCC[C@@H]1NC(=O)[C@@H]2C[C@H](NC(=O)c3ccc4ccccc4c3)CN2C1=O. The summed E-state index contributed by atoms with van der Waals surface area (Å²) in [4.78, 5) is 39.2. The Morgan fingerprint density at radius 3 is 2.74 bits per heavy atom. The fraction of sp³-hybridized carbons (Fsp3) is 0.381. The summed E-state index contributed by atoms with van der Waals surface area (Å²) in [5, 5.41) is 7.90. The van der Waals surface area contributed by atoms with Gasteiger partial charge in [-0.2, -0.15) is 0 Å². The Labute approximate surface area is 157 Å². The molecule has 27 heavy (non-hydrogen) atoms. The normalized spacial score (nSPS) is 24.6. The Morgan fingerprint density at radius 1 is 1.19 bits per heavy atom. The van der Waals surface area contributed by atoms with E-state index in [0.717, 1.165) is 17.2 Å². The highest BCUT2D eigenvalue weighted by Crippen LogP contribution is 2.24. The smallest absolute Gasteiger partial charge is 0.251 e. The van der Waals surface area contributed by atoms with E-state index in [1.807, 2.05) is 43.3 Å². The van der Waals surface area contributed by atoms with E-state index in [-0.39, 0.29) is 23.8 Å². The molecule has 2 aliphatic rings. The van der Waals surface area contributed by atoms with E-state index in [1.54, 1.807) is 11.0 Å². The van der Waals surface area contributed by atoms with Crippen LogP contribution in [0, 0.1) is 0 Å². The number of carbonyl (C=O) groups excluding carboxylic acids is 3. The minimum atomic E-state index is -0.479. The van der Waals surface area contributed by atoms with Crippen LogP contribution in [0.2, 0.25) is 0 Å². The highest BCUT2D eigenvalue weighted by molar-refractivity contribution is 6.00. The zero-order valence-corrected chi connectivity index (χ0v) is 15.3. The minimum Gasteiger partial charge on any atom is -0.347 e. The van der Waals surface area contributed by atoms with E-state index in [1.165, 1.54) is 0 Å². The second-order valence-electron chi connectivity index (χ2n) is 7.32. The molecule has 2 aliphatic heterocycles. The lowest BCUT2D eigenvalue weighted by Crippen LogP contribution is -2.61. The summed E-state index contributed by atoms with van der Waals surface area (Å²) in [5.74, 6) is -0.331. The average molecular weight is 365 g/mol. The number of amides is 3. The summed E-state index contributed by atoms with van der Waals surface area (Å²) in [6.45, 7) is 2.37. The van der Waals surface area contributed by atoms with Gasteiger partial charge in [-0.25, -0.2) is 0 Å². The molecule has 0 aliphatic carbocycles. The number of hydrogen-bond donors (Lipinski definition) is 2. The molecule has 3 amide bonds. The summed E-state index contributed by atoms with van der Waals surface area (Å²) >= 11 is 0. The van der Waals surface area contributed by atoms with Crippen LogP contribution in [0.15, 0.2) is 42.5 Å². The molecule has 2 fully saturated rings. The number of rotatable bonds is 4. The van der Waals surface area contributed by atoms with E-state index in [2.05, 4.69) is 10.6 Å². The molecule has 0 saturated carbocycles. The Balaban J connectivity index is 1.46. The van der Waals surface area contributed by atoms with Crippen molar-refractivity contribution in [3.8, 4) is 0 Å². The Bertz CT molecular complexity index is 910. The zero-order valence-electron chi connectivity index (χ0n) is 15.3. The number of nitrogens with zero attached hydrogens (tertiary/aromatic N) is 1. The first-order chi connectivity index (χ1) is 13.1. The predicted molar refractivity (Wildman–Crippen MR) is 102 cm³/mol. The highest BCUT2D eigenvalue weighted by Gasteiger charge is 2.46. The standard InChI is InChI=1S/C21H23N3O3/c1-2-5-17-21(27)24-12-16(11-18(24)20(26)23-17)22-19(25)15-9-8-13-6-3-4-7-14(13)10-15/h3-4,6-10,16-18H,2,5,11-12H2,1H3,(H,22,25)(H,23,26)/t16-,17-,18-/m0/s1. The lowest BCUT2D eigenvalue weighted by Gasteiger charge is -2.34. The second-order valence-corrected chi connectivity index (χ2v) is 7.32. The van der Waals surface area contributed by atoms with E-state index in [9.17, 15) is 14.4 Å². The first-order valence-electron chi connectivity index (χ1n) is 9.47. The third-order valence-electron chi connectivity index (χ3n) is 5.43. The van der Waals surface area contributed by atoms with Crippen molar-refractivity contribution < 1.29 is 14.4 Å². The number of nitrogens with one attached hydrogen (secondary N) is 2. The minimum absolute atomic E-state index is 0.0381. The fourth-order valence-corrected chi connectivity index (χ4v) is 4.05. The fourth-order valence-electron chi connectivity index (χ4n) is 4.05. The maximum absolute atomic E-state index is 12.7. The number of benzene rings is 2. The molecule has 2 aromatic rings. The number of carbonyl (C=O) groups is 3. The van der Waals surface area contributed by atoms with Gasteiger partial charge in [0.2, 0.25) is 11.8 Å². The molecule has 6 heteroatoms. The van der Waals surface area contributed by atoms with Crippen LogP contribution in [0.3, 0.4) is 0 Å². The molecule has 2 saturated heterocycles. The molecule has 0 bridgehead atoms. The summed E-state index contributed by atoms with van der Waals surface area (Å²) in [5.41, 5.74) is 0.582. The van der Waals surface area contributed by atoms with E-state index in [4.69, 9.17) is 0 Å². The van der Waals surface area contributed by atoms with Crippen molar-refractivity contribution in [1.29, 1.82) is 0 Å². The van der Waals surface area contributed by atoms with Gasteiger partial charge in [-0.15, -0.1) is 0 Å². The van der Waals surface area contributed by atoms with Crippen LogP contribution < -0.4 is 10.6 Å². The maximum Gasteiger partial charge on any atom is 0.251 e. The van der Waals surface area contributed by atoms with Gasteiger partial charge in [-0.3, -0.25) is 14.4 Å². The number of hydrogen-bond acceptors (Lipinski definition) is 3. The molecule has 0 spiro atoms. The monoisotopic (exact) mass is 365 g/mol. The van der Waals surface area contributed by atoms with Crippen LogP contribution in [0.25, 0.3) is 10.8 Å². The number of fused-ring (bicyclic) bond motifs is 2. The molecule has 0 unspecified atom stereocenters. The summed E-state index contributed by atoms with van der Waals surface area (Å²) < 4.78 is 0. The topological polar surface area (TPSA) is 78.5 Å². The molecule has 2 heterocycles. The van der Waals surface area contributed by atoms with E-state index in [0.29, 0.717) is 24.9 Å². The van der Waals surface area contributed by atoms with Gasteiger partial charge in [0.15, 0.2) is 0 Å². The zero-order chi connectivity index (χ0) is 19.0. The van der Waals surface area contributed by atoms with Gasteiger partial charge < -0.3 is 15.5 Å². The molecule has 140 valence electrons. The van der Waals surface area contributed by atoms with Crippen LogP contribution in [-0.2, 0) is 9.59 Å². The Morgan fingerprint density at radius 2 is 1.96 bits per heavy atom. The van der Waals surface area contributed by atoms with Crippen LogP contribution in [0.1, 0.15) is 36.5 Å². The third-order valence-corrected chi connectivity index (χ3v) is 5.43. The first kappa shape index (κ1) is 17.5. The molecule has 3 atom stereocenters. The van der Waals surface area contributed by atoms with Crippen molar-refractivity contribution in [2.45, 2.75) is 44.3 Å². The maximum atomic E-state index is 12.7. The molecular formula is C21H23N3O3. The van der Waals surface area contributed by atoms with Gasteiger partial charge in [-0.1, -0.05) is 43.7 Å². The van der Waals surface area contributed by atoms with Gasteiger partial charge in [-0.05, 0) is 35.7 Å². The third kappa shape index (κ3) is 3.27. The lowest BCUT2D eigenvalue weighted by atomic mass is 10.0. The van der Waals surface area contributed by atoms with E-state index < -0.39 is 12.1 Å². The molecule has 4 rings (SSSR count). The van der Waals surface area contributed by atoms with Gasteiger partial charge in [0, 0.05) is 18.2 Å². The highest BCUT2D eigenvalue weighted by atomic mass is 16.2. The largest absolute Gasteiger partial charge is 0.347 e. The Hall–Kier alpha value is -2.89. The second kappa shape index (κ2) is 7.02. The van der Waals surface area contributed by atoms with Crippen LogP contribution >= 0.6 is 0 Å². The first-order valence-corrected chi connectivity index (χ1v) is 9.47. The van der Waals surface area contributed by atoms with Gasteiger partial charge in [0.1, 0.15) is 12.1 Å². The van der Waals surface area contributed by atoms with Crippen LogP contribution in [0.4, 0.5) is 0 Å². The molecule has 0 radical (unpaired) electrons. The quantitative estimate of drug-likeness (QED) is 0.868.